The quantitative estimate of drug-likeness (QED) is 0.274. The van der Waals surface area contributed by atoms with E-state index in [0.717, 1.165) is 38.5 Å². The van der Waals surface area contributed by atoms with E-state index >= 15 is 0 Å². The number of nitrogens with zero attached hydrogens (tertiary/aromatic N) is 1. The second-order valence-corrected chi connectivity index (χ2v) is 11.0. The number of nitrogens with one attached hydrogen (secondary N) is 1. The Kier molecular flexibility index (Phi) is 13.4. The number of aromatic nitrogens is 1. The molecule has 2 heterocycles. The summed E-state index contributed by atoms with van der Waals surface area (Å²) >= 11 is 0. The van der Waals surface area contributed by atoms with Crippen molar-refractivity contribution in [1.82, 2.24) is 10.3 Å². The molecule has 1 aromatic rings. The van der Waals surface area contributed by atoms with Gasteiger partial charge < -0.3 is 20.3 Å². The molecule has 0 spiro atoms. The first kappa shape index (κ1) is 31.4. The molecule has 1 amide bonds. The van der Waals surface area contributed by atoms with Crippen LogP contribution in [0.1, 0.15) is 89.4 Å². The maximum atomic E-state index is 11.8. The van der Waals surface area contributed by atoms with Crippen LogP contribution in [0.15, 0.2) is 60.5 Å². The SMILES string of the molecule is CC/C=C\C(=O)NC1CCC(C/C=C(C)/C=C/[C@@H]2CC(CO)CC(C)(C)O2)CC1.O=C(O)c1cccnc1. The van der Waals surface area contributed by atoms with Crippen molar-refractivity contribution in [2.75, 3.05) is 6.61 Å². The van der Waals surface area contributed by atoms with E-state index in [2.05, 4.69) is 49.3 Å². The Labute approximate surface area is 228 Å². The van der Waals surface area contributed by atoms with Gasteiger partial charge in [-0.3, -0.25) is 9.78 Å². The van der Waals surface area contributed by atoms with Gasteiger partial charge in [-0.15, -0.1) is 0 Å². The first-order chi connectivity index (χ1) is 18.1. The molecule has 210 valence electrons. The van der Waals surface area contributed by atoms with Crippen LogP contribution in [0.25, 0.3) is 0 Å². The van der Waals surface area contributed by atoms with Crippen LogP contribution in [-0.4, -0.2) is 51.4 Å². The van der Waals surface area contributed by atoms with Crippen molar-refractivity contribution in [2.24, 2.45) is 11.8 Å². The van der Waals surface area contributed by atoms with Gasteiger partial charge in [0.15, 0.2) is 0 Å². The molecule has 7 heteroatoms. The monoisotopic (exact) mass is 526 g/mol. The van der Waals surface area contributed by atoms with Crippen LogP contribution in [0, 0.1) is 11.8 Å². The molecule has 2 fully saturated rings. The summed E-state index contributed by atoms with van der Waals surface area (Å²) in [6, 6.07) is 3.41. The van der Waals surface area contributed by atoms with E-state index in [0.29, 0.717) is 17.9 Å². The smallest absolute Gasteiger partial charge is 0.337 e. The minimum atomic E-state index is -0.942. The first-order valence-electron chi connectivity index (χ1n) is 13.9. The Balaban J connectivity index is 0.000000474. The topological polar surface area (TPSA) is 109 Å². The Morgan fingerprint density at radius 3 is 2.50 bits per heavy atom. The fraction of sp³-hybridized carbons (Fsp3) is 0.581. The molecule has 1 aromatic heterocycles. The first-order valence-corrected chi connectivity index (χ1v) is 13.9. The van der Waals surface area contributed by atoms with Gasteiger partial charge in [-0.25, -0.2) is 4.79 Å². The lowest BCUT2D eigenvalue weighted by molar-refractivity contribution is -0.117. The Bertz CT molecular complexity index is 946. The van der Waals surface area contributed by atoms with E-state index in [1.807, 2.05) is 13.0 Å². The van der Waals surface area contributed by atoms with E-state index in [4.69, 9.17) is 9.84 Å². The molecular weight excluding hydrogens is 480 g/mol. The third-order valence-corrected chi connectivity index (χ3v) is 7.03. The molecule has 1 aliphatic heterocycles. The van der Waals surface area contributed by atoms with Crippen LogP contribution in [0.4, 0.5) is 0 Å². The van der Waals surface area contributed by atoms with Crippen molar-refractivity contribution in [3.05, 3.63) is 66.0 Å². The third kappa shape index (κ3) is 12.2. The number of carbonyl (C=O) groups is 2. The molecule has 0 radical (unpaired) electrons. The fourth-order valence-corrected chi connectivity index (χ4v) is 5.06. The van der Waals surface area contributed by atoms with Gasteiger partial charge in [0.05, 0.1) is 17.3 Å². The zero-order chi connectivity index (χ0) is 28.0. The number of hydrogen-bond acceptors (Lipinski definition) is 5. The molecular formula is C31H46N2O5. The largest absolute Gasteiger partial charge is 0.478 e. The summed E-state index contributed by atoms with van der Waals surface area (Å²) in [5.41, 5.74) is 1.33. The van der Waals surface area contributed by atoms with Crippen molar-refractivity contribution >= 4 is 11.9 Å². The van der Waals surface area contributed by atoms with Gasteiger partial charge in [-0.2, -0.15) is 0 Å². The molecule has 2 aliphatic rings. The van der Waals surface area contributed by atoms with E-state index in [9.17, 15) is 14.7 Å². The lowest BCUT2D eigenvalue weighted by Crippen LogP contribution is -2.39. The fourth-order valence-electron chi connectivity index (χ4n) is 5.06. The van der Waals surface area contributed by atoms with Crippen LogP contribution in [-0.2, 0) is 9.53 Å². The van der Waals surface area contributed by atoms with Gasteiger partial charge in [-0.1, -0.05) is 36.8 Å². The summed E-state index contributed by atoms with van der Waals surface area (Å²) in [5, 5.41) is 21.0. The number of ether oxygens (including phenoxy) is 1. The van der Waals surface area contributed by atoms with E-state index < -0.39 is 5.97 Å². The molecule has 1 unspecified atom stereocenters. The van der Waals surface area contributed by atoms with Crippen LogP contribution < -0.4 is 5.32 Å². The van der Waals surface area contributed by atoms with Crippen LogP contribution in [0.5, 0.6) is 0 Å². The van der Waals surface area contributed by atoms with Crippen LogP contribution in [0.3, 0.4) is 0 Å². The van der Waals surface area contributed by atoms with Gasteiger partial charge in [0.2, 0.25) is 5.91 Å². The van der Waals surface area contributed by atoms with E-state index in [-0.39, 0.29) is 29.8 Å². The standard InChI is InChI=1S/C25H41NO3.C6H5NO2/c1-5-6-7-24(28)26-22-13-11-20(12-14-22)10-8-19(2)9-15-23-16-21(18-27)17-25(3,4)29-23;8-6(9)5-2-1-3-7-4-5/h6-9,15,20-23,27H,5,10-14,16-18H2,1-4H3,(H,26,28);1-4H,(H,8,9)/b7-6-,15-9+,19-8+;/t20?,21?,22?,23-;/m1./s1. The number of rotatable bonds is 9. The summed E-state index contributed by atoms with van der Waals surface area (Å²) in [4.78, 5) is 25.6. The summed E-state index contributed by atoms with van der Waals surface area (Å²) in [7, 11) is 0. The van der Waals surface area contributed by atoms with Crippen molar-refractivity contribution in [2.45, 2.75) is 96.8 Å². The van der Waals surface area contributed by atoms with Gasteiger partial charge in [0.1, 0.15) is 0 Å². The Morgan fingerprint density at radius 2 is 1.92 bits per heavy atom. The molecule has 7 nitrogen and oxygen atoms in total. The number of aromatic carboxylic acids is 1. The molecule has 38 heavy (non-hydrogen) atoms. The predicted molar refractivity (Wildman–Crippen MR) is 151 cm³/mol. The van der Waals surface area contributed by atoms with E-state index in [1.54, 1.807) is 12.1 Å². The number of allylic oxidation sites excluding steroid dienone is 4. The molecule has 0 bridgehead atoms. The predicted octanol–water partition coefficient (Wildman–Crippen LogP) is 5.87. The molecule has 0 aromatic carbocycles. The lowest BCUT2D eigenvalue weighted by atomic mass is 9.83. The molecule has 1 aliphatic carbocycles. The van der Waals surface area contributed by atoms with Crippen molar-refractivity contribution in [3.8, 4) is 0 Å². The van der Waals surface area contributed by atoms with Crippen LogP contribution >= 0.6 is 0 Å². The maximum Gasteiger partial charge on any atom is 0.337 e. The summed E-state index contributed by atoms with van der Waals surface area (Å²) in [5.74, 6) is 0.142. The van der Waals surface area contributed by atoms with E-state index in [1.165, 1.54) is 36.9 Å². The zero-order valence-electron chi connectivity index (χ0n) is 23.4. The Morgan fingerprint density at radius 1 is 1.18 bits per heavy atom. The molecule has 2 atom stereocenters. The Hall–Kier alpha value is -2.77. The number of amides is 1. The highest BCUT2D eigenvalue weighted by molar-refractivity contribution is 5.87. The summed E-state index contributed by atoms with van der Waals surface area (Å²) in [6.07, 6.45) is 21.5. The van der Waals surface area contributed by atoms with Crippen molar-refractivity contribution < 1.29 is 24.5 Å². The maximum absolute atomic E-state index is 11.8. The highest BCUT2D eigenvalue weighted by atomic mass is 16.5. The molecule has 3 N–H and O–H groups in total. The zero-order valence-corrected chi connectivity index (χ0v) is 23.4. The minimum Gasteiger partial charge on any atom is -0.478 e. The van der Waals surface area contributed by atoms with Gasteiger partial charge in [0.25, 0.3) is 0 Å². The highest BCUT2D eigenvalue weighted by Gasteiger charge is 2.33. The highest BCUT2D eigenvalue weighted by Crippen LogP contribution is 2.33. The summed E-state index contributed by atoms with van der Waals surface area (Å²) < 4.78 is 6.15. The molecule has 3 rings (SSSR count). The molecule has 1 saturated carbocycles. The number of pyridine rings is 1. The number of aliphatic hydroxyl groups is 1. The lowest BCUT2D eigenvalue weighted by Gasteiger charge is -2.39. The van der Waals surface area contributed by atoms with Gasteiger partial charge in [0, 0.05) is 25.0 Å². The number of carbonyl (C=O) groups excluding carboxylic acids is 1. The second-order valence-electron chi connectivity index (χ2n) is 11.0. The number of hydrogen-bond donors (Lipinski definition) is 3. The average Bonchev–Trinajstić information content (AvgIpc) is 2.90. The van der Waals surface area contributed by atoms with Crippen LogP contribution in [0.2, 0.25) is 0 Å². The van der Waals surface area contributed by atoms with Gasteiger partial charge >= 0.3 is 5.97 Å². The summed E-state index contributed by atoms with van der Waals surface area (Å²) in [6.45, 7) is 8.65. The number of carboxylic acids is 1. The minimum absolute atomic E-state index is 0.0488. The molecule has 1 saturated heterocycles. The number of aliphatic hydroxyl groups excluding tert-OH is 1. The normalized spacial score (nSPS) is 25.6. The van der Waals surface area contributed by atoms with Crippen molar-refractivity contribution in [3.63, 3.8) is 0 Å². The van der Waals surface area contributed by atoms with Gasteiger partial charge in [-0.05, 0) is 102 Å². The second kappa shape index (κ2) is 16.2. The number of carboxylic acid groups (broad SMARTS) is 1. The third-order valence-electron chi connectivity index (χ3n) is 7.03. The average molecular weight is 527 g/mol. The van der Waals surface area contributed by atoms with Crippen molar-refractivity contribution in [1.29, 1.82) is 0 Å².